The highest BCUT2D eigenvalue weighted by atomic mass is 79.9. The number of likely N-dealkylation sites (tertiary alicyclic amines) is 1. The zero-order valence-electron chi connectivity index (χ0n) is 22.6. The Bertz CT molecular complexity index is 1180. The summed E-state index contributed by atoms with van der Waals surface area (Å²) in [6.07, 6.45) is 8.50. The maximum Gasteiger partial charge on any atom is 0.232 e. The highest BCUT2D eigenvalue weighted by Gasteiger charge is 2.57. The summed E-state index contributed by atoms with van der Waals surface area (Å²) in [6.45, 7) is 5.43. The van der Waals surface area contributed by atoms with Crippen LogP contribution in [-0.2, 0) is 21.5 Å². The monoisotopic (exact) mass is 578 g/mol. The molecule has 0 aromatic heterocycles. The molecule has 3 heterocycles. The van der Waals surface area contributed by atoms with Gasteiger partial charge in [0.2, 0.25) is 11.8 Å². The summed E-state index contributed by atoms with van der Waals surface area (Å²) in [5, 5.41) is 2.32. The first-order valence-electron chi connectivity index (χ1n) is 14.7. The summed E-state index contributed by atoms with van der Waals surface area (Å²) in [4.78, 5) is 31.7. The van der Waals surface area contributed by atoms with E-state index in [9.17, 15) is 9.59 Å². The van der Waals surface area contributed by atoms with Gasteiger partial charge in [-0.1, -0.05) is 71.6 Å². The number of hydrogen-bond acceptors (Lipinski definition) is 2. The quantitative estimate of drug-likeness (QED) is 0.578. The molecule has 6 heteroatoms. The Balaban J connectivity index is 1.33. The average molecular weight is 580 g/mol. The molecule has 4 aliphatic rings. The van der Waals surface area contributed by atoms with E-state index in [1.165, 1.54) is 48.8 Å². The molecule has 1 spiro atoms. The van der Waals surface area contributed by atoms with E-state index in [0.29, 0.717) is 36.9 Å². The number of rotatable bonds is 3. The molecule has 1 saturated carbocycles. The molecule has 0 bridgehead atoms. The van der Waals surface area contributed by atoms with Gasteiger partial charge in [0.1, 0.15) is 5.92 Å². The smallest absolute Gasteiger partial charge is 0.232 e. The van der Waals surface area contributed by atoms with Crippen LogP contribution in [0.25, 0.3) is 0 Å². The van der Waals surface area contributed by atoms with Crippen molar-refractivity contribution in [3.8, 4) is 0 Å². The van der Waals surface area contributed by atoms with Crippen molar-refractivity contribution >= 4 is 27.7 Å². The summed E-state index contributed by atoms with van der Waals surface area (Å²) in [5.41, 5.74) is 3.55. The van der Waals surface area contributed by atoms with Gasteiger partial charge in [0.15, 0.2) is 0 Å². The minimum atomic E-state index is -0.329. The normalized spacial score (nSPS) is 29.9. The van der Waals surface area contributed by atoms with E-state index >= 15 is 0 Å². The molecule has 0 unspecified atom stereocenters. The van der Waals surface area contributed by atoms with Gasteiger partial charge in [0.05, 0.1) is 18.5 Å². The summed E-state index contributed by atoms with van der Waals surface area (Å²) in [7, 11) is 0. The van der Waals surface area contributed by atoms with Gasteiger partial charge >= 0.3 is 0 Å². The highest BCUT2D eigenvalue weighted by molar-refractivity contribution is 9.10. The lowest BCUT2D eigenvalue weighted by molar-refractivity contribution is -0.640. The molecule has 3 aliphatic heterocycles. The van der Waals surface area contributed by atoms with Crippen molar-refractivity contribution in [2.45, 2.75) is 75.8 Å². The van der Waals surface area contributed by atoms with Gasteiger partial charge in [-0.15, -0.1) is 0 Å². The largest absolute Gasteiger partial charge is 0.345 e. The topological polar surface area (TPSA) is 57.2 Å². The van der Waals surface area contributed by atoms with Crippen molar-refractivity contribution in [2.24, 2.45) is 11.8 Å². The molecule has 2 aromatic carbocycles. The number of nitrogens with two attached hydrogens (primary N) is 1. The number of nitrogens with zero attached hydrogens (tertiary/aromatic N) is 2. The number of quaternary nitrogens is 1. The molecule has 6 rings (SSSR count). The molecule has 3 fully saturated rings. The fourth-order valence-corrected chi connectivity index (χ4v) is 8.65. The van der Waals surface area contributed by atoms with Crippen molar-refractivity contribution in [2.75, 3.05) is 26.2 Å². The third kappa shape index (κ3) is 4.72. The lowest BCUT2D eigenvalue weighted by Crippen LogP contribution is -2.83. The third-order valence-corrected chi connectivity index (χ3v) is 10.6. The summed E-state index contributed by atoms with van der Waals surface area (Å²) >= 11 is 3.64. The number of carbonyl (C=O) groups excluding carboxylic acids is 2. The van der Waals surface area contributed by atoms with Crippen LogP contribution in [0.4, 0.5) is 0 Å². The second-order valence-corrected chi connectivity index (χ2v) is 13.2. The lowest BCUT2D eigenvalue weighted by atomic mass is 9.67. The number of carbonyl (C=O) groups is 2. The summed E-state index contributed by atoms with van der Waals surface area (Å²) in [6, 6.07) is 17.8. The van der Waals surface area contributed by atoms with Crippen LogP contribution in [-0.4, -0.2) is 53.8 Å². The molecule has 2 N–H and O–H groups in total. The molecule has 0 radical (unpaired) electrons. The molecule has 2 amide bonds. The van der Waals surface area contributed by atoms with Crippen LogP contribution in [0.15, 0.2) is 53.0 Å². The van der Waals surface area contributed by atoms with Gasteiger partial charge in [0.25, 0.3) is 0 Å². The number of halogens is 1. The lowest BCUT2D eigenvalue weighted by Gasteiger charge is -2.48. The molecular formula is C32H41BrN3O2+. The van der Waals surface area contributed by atoms with Crippen LogP contribution in [0.3, 0.4) is 0 Å². The standard InChI is InChI=1S/C32H40BrN3O2/c1-22(37)35-19-26-16-27(33)12-13-28(26)32(21-35)20-34-18-29(32)31(38)36-15-14-25(23-8-4-2-5-9-23)17-30(36)24-10-6-3-7-11-24/h2,4-5,8-9,12-13,16,24-25,29-30,34H,3,6-7,10-11,14-15,17-21H2,1H3/p+1/t25-,29+,30+,32-/m1/s1. The Labute approximate surface area is 235 Å². The van der Waals surface area contributed by atoms with Gasteiger partial charge in [-0.3, -0.25) is 9.59 Å². The van der Waals surface area contributed by atoms with Crippen molar-refractivity contribution in [1.82, 2.24) is 9.80 Å². The average Bonchev–Trinajstić information content (AvgIpc) is 3.36. The molecule has 38 heavy (non-hydrogen) atoms. The molecule has 1 aliphatic carbocycles. The fraction of sp³-hybridized carbons (Fsp3) is 0.562. The summed E-state index contributed by atoms with van der Waals surface area (Å²) < 4.78 is 1.03. The van der Waals surface area contributed by atoms with Crippen LogP contribution < -0.4 is 5.32 Å². The van der Waals surface area contributed by atoms with Crippen LogP contribution in [0.1, 0.15) is 74.5 Å². The third-order valence-electron chi connectivity index (χ3n) is 10.2. The van der Waals surface area contributed by atoms with Crippen molar-refractivity contribution < 1.29 is 14.9 Å². The Kier molecular flexibility index (Phi) is 7.38. The Hall–Kier alpha value is -2.18. The SMILES string of the molecule is CC(=O)N1Cc2cc(Br)ccc2[C@@]2(C[NH2+]C[C@H]2C(=O)N2CC[C@@H](c3ccccc3)C[C@H]2C2CCCCC2)C1. The molecule has 5 nitrogen and oxygen atoms in total. The van der Waals surface area contributed by atoms with E-state index in [1.54, 1.807) is 6.92 Å². The van der Waals surface area contributed by atoms with E-state index in [2.05, 4.69) is 74.7 Å². The van der Waals surface area contributed by atoms with Gasteiger partial charge in [0, 0.05) is 37.1 Å². The van der Waals surface area contributed by atoms with Crippen LogP contribution in [0.5, 0.6) is 0 Å². The number of benzene rings is 2. The number of piperidine rings is 1. The van der Waals surface area contributed by atoms with E-state index in [-0.39, 0.29) is 17.2 Å². The predicted molar refractivity (Wildman–Crippen MR) is 153 cm³/mol. The van der Waals surface area contributed by atoms with Gasteiger partial charge in [-0.05, 0) is 66.3 Å². The molecule has 2 saturated heterocycles. The van der Waals surface area contributed by atoms with E-state index < -0.39 is 0 Å². The van der Waals surface area contributed by atoms with E-state index in [4.69, 9.17) is 0 Å². The zero-order valence-corrected chi connectivity index (χ0v) is 24.2. The van der Waals surface area contributed by atoms with Crippen molar-refractivity contribution in [3.63, 3.8) is 0 Å². The molecule has 4 atom stereocenters. The molecular weight excluding hydrogens is 538 g/mol. The Morgan fingerprint density at radius 2 is 1.82 bits per heavy atom. The minimum absolute atomic E-state index is 0.0943. The Morgan fingerprint density at radius 3 is 2.58 bits per heavy atom. The van der Waals surface area contributed by atoms with Crippen LogP contribution in [0, 0.1) is 11.8 Å². The second-order valence-electron chi connectivity index (χ2n) is 12.2. The minimum Gasteiger partial charge on any atom is -0.345 e. The number of hydrogen-bond donors (Lipinski definition) is 1. The Morgan fingerprint density at radius 1 is 1.03 bits per heavy atom. The van der Waals surface area contributed by atoms with Gasteiger partial charge < -0.3 is 15.1 Å². The maximum atomic E-state index is 14.7. The first-order valence-corrected chi connectivity index (χ1v) is 15.5. The van der Waals surface area contributed by atoms with Crippen LogP contribution in [0.2, 0.25) is 0 Å². The van der Waals surface area contributed by atoms with Gasteiger partial charge in [-0.2, -0.15) is 0 Å². The highest BCUT2D eigenvalue weighted by Crippen LogP contribution is 2.45. The van der Waals surface area contributed by atoms with Crippen molar-refractivity contribution in [1.29, 1.82) is 0 Å². The van der Waals surface area contributed by atoms with E-state index in [1.807, 2.05) is 4.90 Å². The molecule has 2 aromatic rings. The number of amides is 2. The van der Waals surface area contributed by atoms with Crippen LogP contribution >= 0.6 is 15.9 Å². The first-order chi connectivity index (χ1) is 18.5. The zero-order chi connectivity index (χ0) is 26.3. The first kappa shape index (κ1) is 26.1. The fourth-order valence-electron chi connectivity index (χ4n) is 8.24. The van der Waals surface area contributed by atoms with Gasteiger partial charge in [-0.25, -0.2) is 0 Å². The maximum absolute atomic E-state index is 14.7. The number of fused-ring (bicyclic) bond motifs is 2. The predicted octanol–water partition coefficient (Wildman–Crippen LogP) is 4.60. The summed E-state index contributed by atoms with van der Waals surface area (Å²) in [5.74, 6) is 1.45. The van der Waals surface area contributed by atoms with Crippen molar-refractivity contribution in [3.05, 3.63) is 69.7 Å². The van der Waals surface area contributed by atoms with E-state index in [0.717, 1.165) is 36.9 Å². The second kappa shape index (κ2) is 10.8. The molecule has 202 valence electrons.